The molecule has 35 heavy (non-hydrogen) atoms. The number of ether oxygens (including phenoxy) is 1. The van der Waals surface area contributed by atoms with Crippen LogP contribution in [0.5, 0.6) is 5.75 Å². The quantitative estimate of drug-likeness (QED) is 0.351. The zero-order chi connectivity index (χ0) is 25.0. The van der Waals surface area contributed by atoms with Gasteiger partial charge in [-0.25, -0.2) is 13.4 Å². The van der Waals surface area contributed by atoms with E-state index in [1.807, 2.05) is 6.92 Å². The fourth-order valence-corrected chi connectivity index (χ4v) is 4.84. The fourth-order valence-electron chi connectivity index (χ4n) is 3.29. The molecule has 4 aromatic rings. The number of aromatic nitrogens is 3. The molecule has 0 radical (unpaired) electrons. The van der Waals surface area contributed by atoms with E-state index in [9.17, 15) is 18.0 Å². The molecule has 0 aliphatic rings. The molecule has 4 heterocycles. The highest BCUT2D eigenvalue weighted by atomic mass is 32.2. The van der Waals surface area contributed by atoms with Gasteiger partial charge in [0.2, 0.25) is 0 Å². The summed E-state index contributed by atoms with van der Waals surface area (Å²) in [6.45, 7) is 4.00. The minimum Gasteiger partial charge on any atom is -0.492 e. The van der Waals surface area contributed by atoms with Gasteiger partial charge in [-0.05, 0) is 42.6 Å². The number of hydrogen-bond donors (Lipinski definition) is 2. The SMILES string of the molecule is CCOc1ccsc1C(=O)Nc1ccc2c(C(=O)NCc3ccc(S(=O)(=O)CC)cn3)ncn2c1. The molecule has 4 aromatic heterocycles. The van der Waals surface area contributed by atoms with Crippen LogP contribution in [0.1, 0.15) is 39.7 Å². The first kappa shape index (κ1) is 24.4. The van der Waals surface area contributed by atoms with Crippen LogP contribution in [0.15, 0.2) is 59.3 Å². The van der Waals surface area contributed by atoms with Crippen LogP contribution in [0.2, 0.25) is 0 Å². The highest BCUT2D eigenvalue weighted by molar-refractivity contribution is 7.91. The molecule has 0 spiro atoms. The largest absolute Gasteiger partial charge is 0.492 e. The van der Waals surface area contributed by atoms with Gasteiger partial charge in [-0.15, -0.1) is 11.3 Å². The molecule has 0 fully saturated rings. The maximum Gasteiger partial charge on any atom is 0.272 e. The highest BCUT2D eigenvalue weighted by Crippen LogP contribution is 2.26. The van der Waals surface area contributed by atoms with Gasteiger partial charge in [0.1, 0.15) is 17.0 Å². The summed E-state index contributed by atoms with van der Waals surface area (Å²) in [5.41, 5.74) is 1.82. The molecule has 4 rings (SSSR count). The molecule has 0 aliphatic carbocycles. The highest BCUT2D eigenvalue weighted by Gasteiger charge is 2.17. The zero-order valence-corrected chi connectivity index (χ0v) is 20.6. The Kier molecular flexibility index (Phi) is 7.12. The van der Waals surface area contributed by atoms with E-state index in [4.69, 9.17) is 4.74 Å². The van der Waals surface area contributed by atoms with Crippen LogP contribution in [0, 0.1) is 0 Å². The van der Waals surface area contributed by atoms with Crippen LogP contribution < -0.4 is 15.4 Å². The third kappa shape index (κ3) is 5.33. The molecular formula is C23H23N5O5S2. The molecule has 0 atom stereocenters. The third-order valence-corrected chi connectivity index (χ3v) is 7.72. The number of amides is 2. The predicted molar refractivity (Wildman–Crippen MR) is 132 cm³/mol. The number of thiophene rings is 1. The molecule has 2 N–H and O–H groups in total. The Morgan fingerprint density at radius 2 is 1.91 bits per heavy atom. The molecule has 12 heteroatoms. The lowest BCUT2D eigenvalue weighted by Gasteiger charge is -2.08. The summed E-state index contributed by atoms with van der Waals surface area (Å²) in [6, 6.07) is 8.17. The topological polar surface area (TPSA) is 132 Å². The van der Waals surface area contributed by atoms with Crippen molar-refractivity contribution in [1.82, 2.24) is 19.7 Å². The van der Waals surface area contributed by atoms with Crippen molar-refractivity contribution >= 4 is 44.2 Å². The summed E-state index contributed by atoms with van der Waals surface area (Å²) in [5, 5.41) is 7.36. The number of carbonyl (C=O) groups is 2. The summed E-state index contributed by atoms with van der Waals surface area (Å²) in [7, 11) is -3.33. The molecule has 0 bridgehead atoms. The molecule has 0 unspecified atom stereocenters. The number of nitrogens with one attached hydrogen (secondary N) is 2. The standard InChI is InChI=1S/C23H23N5O5S2/c1-3-33-19-9-10-34-21(19)23(30)27-16-6-8-18-20(26-14-28(18)13-16)22(29)25-11-15-5-7-17(12-24-15)35(31,32)4-2/h5-10,12-14H,3-4,11H2,1-2H3,(H,25,29)(H,27,30). The summed E-state index contributed by atoms with van der Waals surface area (Å²) >= 11 is 1.29. The first-order chi connectivity index (χ1) is 16.8. The Morgan fingerprint density at radius 1 is 1.09 bits per heavy atom. The first-order valence-corrected chi connectivity index (χ1v) is 13.3. The second kappa shape index (κ2) is 10.2. The number of sulfone groups is 1. The molecular weight excluding hydrogens is 490 g/mol. The molecule has 10 nitrogen and oxygen atoms in total. The second-order valence-corrected chi connectivity index (χ2v) is 10.6. The predicted octanol–water partition coefficient (Wildman–Crippen LogP) is 3.17. The van der Waals surface area contributed by atoms with Crippen molar-refractivity contribution in [2.24, 2.45) is 0 Å². The lowest BCUT2D eigenvalue weighted by Crippen LogP contribution is -2.24. The third-order valence-electron chi connectivity index (χ3n) is 5.11. The van der Waals surface area contributed by atoms with Gasteiger partial charge in [-0.2, -0.15) is 0 Å². The molecule has 0 aromatic carbocycles. The minimum absolute atomic E-state index is 0.00804. The zero-order valence-electron chi connectivity index (χ0n) is 19.0. The van der Waals surface area contributed by atoms with E-state index in [0.29, 0.717) is 34.1 Å². The van der Waals surface area contributed by atoms with E-state index < -0.39 is 15.7 Å². The monoisotopic (exact) mass is 513 g/mol. The Bertz CT molecular complexity index is 1480. The number of pyridine rings is 2. The van der Waals surface area contributed by atoms with Crippen molar-refractivity contribution in [3.63, 3.8) is 0 Å². The molecule has 0 saturated carbocycles. The van der Waals surface area contributed by atoms with Crippen LogP contribution in [0.25, 0.3) is 5.52 Å². The Hall–Kier alpha value is -3.77. The van der Waals surface area contributed by atoms with E-state index in [1.165, 1.54) is 29.9 Å². The Labute approximate surface area is 205 Å². The molecule has 0 saturated heterocycles. The normalized spacial score (nSPS) is 11.4. The maximum absolute atomic E-state index is 12.7. The number of fused-ring (bicyclic) bond motifs is 1. The van der Waals surface area contributed by atoms with Crippen molar-refractivity contribution in [2.45, 2.75) is 25.3 Å². The lowest BCUT2D eigenvalue weighted by atomic mass is 10.3. The van der Waals surface area contributed by atoms with Crippen molar-refractivity contribution in [2.75, 3.05) is 17.7 Å². The van der Waals surface area contributed by atoms with Gasteiger partial charge in [-0.3, -0.25) is 14.6 Å². The summed E-state index contributed by atoms with van der Waals surface area (Å²) < 4.78 is 30.9. The van der Waals surface area contributed by atoms with Crippen LogP contribution in [0.3, 0.4) is 0 Å². The Morgan fingerprint density at radius 3 is 2.63 bits per heavy atom. The number of imidazole rings is 1. The van der Waals surface area contributed by atoms with Gasteiger partial charge in [0.05, 0.1) is 40.7 Å². The van der Waals surface area contributed by atoms with E-state index in [0.717, 1.165) is 0 Å². The van der Waals surface area contributed by atoms with Gasteiger partial charge < -0.3 is 19.8 Å². The number of carbonyl (C=O) groups excluding carboxylic acids is 2. The van der Waals surface area contributed by atoms with Gasteiger partial charge in [-0.1, -0.05) is 6.92 Å². The molecule has 2 amide bonds. The fraction of sp³-hybridized carbons (Fsp3) is 0.217. The first-order valence-electron chi connectivity index (χ1n) is 10.8. The minimum atomic E-state index is -3.33. The molecule has 0 aliphatic heterocycles. The smallest absolute Gasteiger partial charge is 0.272 e. The van der Waals surface area contributed by atoms with Crippen LogP contribution in [-0.4, -0.2) is 47.0 Å². The van der Waals surface area contributed by atoms with E-state index in [-0.39, 0.29) is 28.8 Å². The maximum atomic E-state index is 12.7. The second-order valence-electron chi connectivity index (χ2n) is 7.38. The van der Waals surface area contributed by atoms with Crippen molar-refractivity contribution in [3.05, 3.63) is 70.7 Å². The number of hydrogen-bond acceptors (Lipinski definition) is 8. The van der Waals surface area contributed by atoms with Crippen molar-refractivity contribution in [3.8, 4) is 5.75 Å². The van der Waals surface area contributed by atoms with Crippen molar-refractivity contribution < 1.29 is 22.7 Å². The lowest BCUT2D eigenvalue weighted by molar-refractivity contribution is 0.0946. The summed E-state index contributed by atoms with van der Waals surface area (Å²) in [4.78, 5) is 34.3. The van der Waals surface area contributed by atoms with Crippen LogP contribution in [0.4, 0.5) is 5.69 Å². The van der Waals surface area contributed by atoms with Crippen LogP contribution in [-0.2, 0) is 16.4 Å². The van der Waals surface area contributed by atoms with Gasteiger partial charge in [0.25, 0.3) is 11.8 Å². The van der Waals surface area contributed by atoms with E-state index in [2.05, 4.69) is 20.6 Å². The average molecular weight is 514 g/mol. The van der Waals surface area contributed by atoms with Crippen LogP contribution >= 0.6 is 11.3 Å². The van der Waals surface area contributed by atoms with Gasteiger partial charge in [0.15, 0.2) is 15.5 Å². The number of anilines is 1. The summed E-state index contributed by atoms with van der Waals surface area (Å²) in [6.07, 6.45) is 4.44. The van der Waals surface area contributed by atoms with Gasteiger partial charge in [0, 0.05) is 12.4 Å². The van der Waals surface area contributed by atoms with E-state index in [1.54, 1.807) is 47.2 Å². The number of nitrogens with zero attached hydrogens (tertiary/aromatic N) is 3. The van der Waals surface area contributed by atoms with Crippen molar-refractivity contribution in [1.29, 1.82) is 0 Å². The average Bonchev–Trinajstić information content (AvgIpc) is 3.50. The summed E-state index contributed by atoms with van der Waals surface area (Å²) in [5.74, 6) is -0.164. The molecule has 182 valence electrons. The Balaban J connectivity index is 1.43. The van der Waals surface area contributed by atoms with Gasteiger partial charge >= 0.3 is 0 Å². The number of rotatable bonds is 9. The van der Waals surface area contributed by atoms with E-state index >= 15 is 0 Å².